The van der Waals surface area contributed by atoms with E-state index in [-0.39, 0.29) is 24.0 Å². The normalized spacial score (nSPS) is 17.2. The van der Waals surface area contributed by atoms with Crippen molar-refractivity contribution in [2.75, 3.05) is 26.3 Å². The van der Waals surface area contributed by atoms with Gasteiger partial charge in [0.05, 0.1) is 6.04 Å². The molecule has 1 saturated heterocycles. The van der Waals surface area contributed by atoms with E-state index in [1.807, 2.05) is 43.3 Å². The fourth-order valence-electron chi connectivity index (χ4n) is 3.77. The van der Waals surface area contributed by atoms with E-state index in [1.165, 1.54) is 0 Å². The lowest BCUT2D eigenvalue weighted by molar-refractivity contribution is 0.0917. The Morgan fingerprint density at radius 3 is 2.43 bits per heavy atom. The van der Waals surface area contributed by atoms with E-state index in [1.54, 1.807) is 17.0 Å². The summed E-state index contributed by atoms with van der Waals surface area (Å²) in [5.74, 6) is 1.39. The van der Waals surface area contributed by atoms with Gasteiger partial charge in [0, 0.05) is 24.7 Å². The Balaban J connectivity index is 1.26. The Hall–Kier alpha value is -3.22. The van der Waals surface area contributed by atoms with Crippen molar-refractivity contribution in [1.82, 2.24) is 15.5 Å². The highest BCUT2D eigenvalue weighted by molar-refractivity contribution is 5.94. The number of benzene rings is 2. The van der Waals surface area contributed by atoms with E-state index in [9.17, 15) is 9.59 Å². The molecule has 2 aliphatic heterocycles. The molecular formula is C23H27N3O4. The lowest BCUT2D eigenvalue weighted by Crippen LogP contribution is -2.49. The molecule has 2 aromatic rings. The van der Waals surface area contributed by atoms with Crippen LogP contribution in [0, 0.1) is 0 Å². The molecule has 7 nitrogen and oxygen atoms in total. The number of hydrogen-bond acceptors (Lipinski definition) is 4. The summed E-state index contributed by atoms with van der Waals surface area (Å²) in [6.45, 7) is 4.27. The summed E-state index contributed by atoms with van der Waals surface area (Å²) in [5.41, 5.74) is 1.63. The van der Waals surface area contributed by atoms with Gasteiger partial charge in [0.2, 0.25) is 0 Å². The zero-order chi connectivity index (χ0) is 20.9. The Kier molecular flexibility index (Phi) is 6.07. The van der Waals surface area contributed by atoms with Gasteiger partial charge in [-0.3, -0.25) is 4.79 Å². The zero-order valence-electron chi connectivity index (χ0n) is 17.1. The molecule has 0 bridgehead atoms. The number of rotatable bonds is 4. The van der Waals surface area contributed by atoms with E-state index in [0.717, 1.165) is 29.9 Å². The minimum Gasteiger partial charge on any atom is -0.486 e. The monoisotopic (exact) mass is 409 g/mol. The van der Waals surface area contributed by atoms with E-state index in [4.69, 9.17) is 9.47 Å². The molecule has 1 fully saturated rings. The van der Waals surface area contributed by atoms with Crippen molar-refractivity contribution in [3.05, 3.63) is 59.7 Å². The van der Waals surface area contributed by atoms with Crippen LogP contribution >= 0.6 is 0 Å². The predicted molar refractivity (Wildman–Crippen MR) is 113 cm³/mol. The number of carbonyl (C=O) groups is 2. The number of likely N-dealkylation sites (tertiary alicyclic amines) is 1. The fourth-order valence-corrected chi connectivity index (χ4v) is 3.77. The molecule has 3 amide bonds. The third kappa shape index (κ3) is 4.67. The van der Waals surface area contributed by atoms with Gasteiger partial charge in [0.15, 0.2) is 11.5 Å². The van der Waals surface area contributed by atoms with Crippen LogP contribution in [0.3, 0.4) is 0 Å². The molecule has 7 heteroatoms. The SMILES string of the molecule is CC(NC(=O)N1CCC(NC(=O)c2ccccc2)CC1)c1ccc2c(c1)OCCO2. The maximum Gasteiger partial charge on any atom is 0.317 e. The number of fused-ring (bicyclic) bond motifs is 1. The van der Waals surface area contributed by atoms with Crippen LogP contribution in [0.25, 0.3) is 0 Å². The van der Waals surface area contributed by atoms with E-state index >= 15 is 0 Å². The highest BCUT2D eigenvalue weighted by Crippen LogP contribution is 2.32. The number of piperidine rings is 1. The maximum atomic E-state index is 12.7. The lowest BCUT2D eigenvalue weighted by atomic mass is 10.0. The van der Waals surface area contributed by atoms with Crippen LogP contribution in [-0.4, -0.2) is 49.2 Å². The maximum absolute atomic E-state index is 12.7. The molecule has 4 rings (SSSR count). The molecular weight excluding hydrogens is 382 g/mol. The van der Waals surface area contributed by atoms with Crippen LogP contribution in [0.4, 0.5) is 4.79 Å². The van der Waals surface area contributed by atoms with E-state index in [2.05, 4.69) is 10.6 Å². The molecule has 0 aliphatic carbocycles. The van der Waals surface area contributed by atoms with Crippen LogP contribution < -0.4 is 20.1 Å². The lowest BCUT2D eigenvalue weighted by Gasteiger charge is -2.33. The number of nitrogens with one attached hydrogen (secondary N) is 2. The first-order valence-corrected chi connectivity index (χ1v) is 10.4. The van der Waals surface area contributed by atoms with Crippen LogP contribution in [0.1, 0.15) is 41.7 Å². The standard InChI is InChI=1S/C23H27N3O4/c1-16(18-7-8-20-21(15-18)30-14-13-29-20)24-23(28)26-11-9-19(10-12-26)25-22(27)17-5-3-2-4-6-17/h2-8,15-16,19H,9-14H2,1H3,(H,24,28)(H,25,27). The quantitative estimate of drug-likeness (QED) is 0.813. The average Bonchev–Trinajstić information content (AvgIpc) is 2.79. The second-order valence-corrected chi connectivity index (χ2v) is 7.68. The molecule has 2 aromatic carbocycles. The number of carbonyl (C=O) groups excluding carboxylic acids is 2. The molecule has 2 aliphatic rings. The fraction of sp³-hybridized carbons (Fsp3) is 0.391. The average molecular weight is 409 g/mol. The molecule has 0 radical (unpaired) electrons. The summed E-state index contributed by atoms with van der Waals surface area (Å²) in [5, 5.41) is 6.12. The second-order valence-electron chi connectivity index (χ2n) is 7.68. The number of amides is 3. The predicted octanol–water partition coefficient (Wildman–Crippen LogP) is 3.12. The Bertz CT molecular complexity index is 895. The number of nitrogens with zero attached hydrogens (tertiary/aromatic N) is 1. The molecule has 0 spiro atoms. The molecule has 30 heavy (non-hydrogen) atoms. The van der Waals surface area contributed by atoms with Gasteiger partial charge in [-0.05, 0) is 49.6 Å². The van der Waals surface area contributed by atoms with Crippen molar-refractivity contribution in [2.45, 2.75) is 31.8 Å². The second kappa shape index (κ2) is 9.07. The Morgan fingerprint density at radius 1 is 1.00 bits per heavy atom. The molecule has 2 heterocycles. The first-order chi connectivity index (χ1) is 14.6. The van der Waals surface area contributed by atoms with Crippen molar-refractivity contribution in [3.63, 3.8) is 0 Å². The van der Waals surface area contributed by atoms with E-state index in [0.29, 0.717) is 31.9 Å². The van der Waals surface area contributed by atoms with Gasteiger partial charge in [0.1, 0.15) is 13.2 Å². The minimum absolute atomic E-state index is 0.0641. The summed E-state index contributed by atoms with van der Waals surface area (Å²) >= 11 is 0. The van der Waals surface area contributed by atoms with Gasteiger partial charge in [0.25, 0.3) is 5.91 Å². The van der Waals surface area contributed by atoms with Gasteiger partial charge in [-0.2, -0.15) is 0 Å². The highest BCUT2D eigenvalue weighted by atomic mass is 16.6. The van der Waals surface area contributed by atoms with Crippen molar-refractivity contribution in [1.29, 1.82) is 0 Å². The largest absolute Gasteiger partial charge is 0.486 e. The number of ether oxygens (including phenoxy) is 2. The third-order valence-corrected chi connectivity index (χ3v) is 5.56. The highest BCUT2D eigenvalue weighted by Gasteiger charge is 2.25. The topological polar surface area (TPSA) is 79.9 Å². The van der Waals surface area contributed by atoms with E-state index < -0.39 is 0 Å². The molecule has 1 atom stereocenters. The summed E-state index contributed by atoms with van der Waals surface area (Å²) < 4.78 is 11.2. The molecule has 2 N–H and O–H groups in total. The van der Waals surface area contributed by atoms with Crippen molar-refractivity contribution in [2.24, 2.45) is 0 Å². The molecule has 0 aromatic heterocycles. The molecule has 158 valence electrons. The first kappa shape index (κ1) is 20.1. The van der Waals surface area contributed by atoms with Crippen molar-refractivity contribution < 1.29 is 19.1 Å². The Labute approximate surface area is 176 Å². The smallest absolute Gasteiger partial charge is 0.317 e. The Morgan fingerprint density at radius 2 is 1.70 bits per heavy atom. The summed E-state index contributed by atoms with van der Waals surface area (Å²) in [7, 11) is 0. The summed E-state index contributed by atoms with van der Waals surface area (Å²) in [6.07, 6.45) is 1.48. The van der Waals surface area contributed by atoms with Gasteiger partial charge >= 0.3 is 6.03 Å². The van der Waals surface area contributed by atoms with Crippen LogP contribution in [0.5, 0.6) is 11.5 Å². The van der Waals surface area contributed by atoms with Crippen LogP contribution in [-0.2, 0) is 0 Å². The summed E-state index contributed by atoms with van der Waals surface area (Å²) in [4.78, 5) is 26.8. The molecule has 0 saturated carbocycles. The minimum atomic E-state index is -0.149. The zero-order valence-corrected chi connectivity index (χ0v) is 17.1. The number of hydrogen-bond donors (Lipinski definition) is 2. The molecule has 1 unspecified atom stereocenters. The third-order valence-electron chi connectivity index (χ3n) is 5.56. The van der Waals surface area contributed by atoms with Gasteiger partial charge in [-0.15, -0.1) is 0 Å². The van der Waals surface area contributed by atoms with Crippen molar-refractivity contribution >= 4 is 11.9 Å². The number of urea groups is 1. The van der Waals surface area contributed by atoms with Gasteiger partial charge in [-0.25, -0.2) is 4.79 Å². The van der Waals surface area contributed by atoms with Gasteiger partial charge in [-0.1, -0.05) is 24.3 Å². The van der Waals surface area contributed by atoms with Gasteiger partial charge < -0.3 is 25.0 Å². The van der Waals surface area contributed by atoms with Crippen LogP contribution in [0.2, 0.25) is 0 Å². The van der Waals surface area contributed by atoms with Crippen LogP contribution in [0.15, 0.2) is 48.5 Å². The summed E-state index contributed by atoms with van der Waals surface area (Å²) in [6, 6.07) is 14.8. The van der Waals surface area contributed by atoms with Crippen molar-refractivity contribution in [3.8, 4) is 11.5 Å². The first-order valence-electron chi connectivity index (χ1n) is 10.4.